The van der Waals surface area contributed by atoms with E-state index < -0.39 is 0 Å². The molecule has 0 saturated carbocycles. The van der Waals surface area contributed by atoms with Crippen LogP contribution in [0.25, 0.3) is 11.0 Å². The zero-order valence-corrected chi connectivity index (χ0v) is 13.2. The van der Waals surface area contributed by atoms with Gasteiger partial charge in [0.05, 0.1) is 12.6 Å². The normalized spacial score (nSPS) is 12.5. The number of thiazole rings is 1. The van der Waals surface area contributed by atoms with Crippen LogP contribution >= 0.6 is 11.3 Å². The number of rotatable bonds is 5. The first-order valence-electron chi connectivity index (χ1n) is 7.01. The van der Waals surface area contributed by atoms with Crippen LogP contribution in [0.2, 0.25) is 0 Å². The van der Waals surface area contributed by atoms with E-state index in [-0.39, 0.29) is 6.04 Å². The van der Waals surface area contributed by atoms with Gasteiger partial charge in [-0.15, -0.1) is 11.3 Å². The second-order valence-electron chi connectivity index (χ2n) is 4.90. The lowest BCUT2D eigenvalue weighted by molar-refractivity contribution is 0.337. The lowest BCUT2D eigenvalue weighted by Gasteiger charge is -2.09. The Hall–Kier alpha value is -2.01. The Kier molecular flexibility index (Phi) is 3.84. The number of aryl methyl sites for hydroxylation is 1. The fraction of sp³-hybridized carbons (Fsp3) is 0.312. The number of hydrogen-bond acceptors (Lipinski definition) is 5. The number of aromatic nitrogens is 1. The van der Waals surface area contributed by atoms with Crippen molar-refractivity contribution in [3.05, 3.63) is 41.1 Å². The first-order valence-corrected chi connectivity index (χ1v) is 7.83. The molecule has 0 radical (unpaired) electrons. The number of ether oxygens (including phenoxy) is 1. The van der Waals surface area contributed by atoms with Gasteiger partial charge in [-0.2, -0.15) is 0 Å². The van der Waals surface area contributed by atoms with Crippen molar-refractivity contribution in [2.24, 2.45) is 0 Å². The summed E-state index contributed by atoms with van der Waals surface area (Å²) in [7, 11) is 0. The van der Waals surface area contributed by atoms with E-state index in [0.717, 1.165) is 27.6 Å². The number of benzene rings is 1. The molecule has 1 N–H and O–H groups in total. The summed E-state index contributed by atoms with van der Waals surface area (Å²) in [4.78, 5) is 5.51. The molecule has 1 atom stereocenters. The van der Waals surface area contributed by atoms with Crippen molar-refractivity contribution in [3.63, 3.8) is 0 Å². The Morgan fingerprint density at radius 2 is 2.29 bits per heavy atom. The average molecular weight is 302 g/mol. The summed E-state index contributed by atoms with van der Waals surface area (Å²) in [6, 6.07) is 8.05. The van der Waals surface area contributed by atoms with Gasteiger partial charge >= 0.3 is 0 Å². The Labute approximate surface area is 127 Å². The molecule has 2 heterocycles. The summed E-state index contributed by atoms with van der Waals surface area (Å²) in [6.07, 6.45) is 1.87. The van der Waals surface area contributed by atoms with Crippen molar-refractivity contribution < 1.29 is 9.15 Å². The Morgan fingerprint density at radius 1 is 1.43 bits per heavy atom. The van der Waals surface area contributed by atoms with Crippen LogP contribution in [0.15, 0.2) is 34.9 Å². The first-order chi connectivity index (χ1) is 10.2. The minimum Gasteiger partial charge on any atom is -0.490 e. The lowest BCUT2D eigenvalue weighted by Crippen LogP contribution is -2.04. The van der Waals surface area contributed by atoms with Crippen LogP contribution < -0.4 is 10.1 Å². The number of hydrogen-bond donors (Lipinski definition) is 1. The number of anilines is 1. The highest BCUT2D eigenvalue weighted by molar-refractivity contribution is 7.15. The van der Waals surface area contributed by atoms with Crippen LogP contribution in [-0.2, 0) is 0 Å². The number of fused-ring (bicyclic) bond motifs is 1. The van der Waals surface area contributed by atoms with Crippen molar-refractivity contribution in [2.45, 2.75) is 26.8 Å². The third kappa shape index (κ3) is 2.88. The second kappa shape index (κ2) is 5.77. The largest absolute Gasteiger partial charge is 0.490 e. The molecular weight excluding hydrogens is 284 g/mol. The summed E-state index contributed by atoms with van der Waals surface area (Å²) in [5.74, 6) is 1.67. The zero-order chi connectivity index (χ0) is 14.8. The average Bonchev–Trinajstić information content (AvgIpc) is 3.06. The lowest BCUT2D eigenvalue weighted by atomic mass is 10.2. The van der Waals surface area contributed by atoms with Crippen molar-refractivity contribution in [1.29, 1.82) is 0 Å². The second-order valence-corrected chi connectivity index (χ2v) is 6.13. The monoisotopic (exact) mass is 302 g/mol. The molecule has 110 valence electrons. The minimum absolute atomic E-state index is 0.0532. The zero-order valence-electron chi connectivity index (χ0n) is 12.3. The molecule has 21 heavy (non-hydrogen) atoms. The molecule has 1 aromatic carbocycles. The molecular formula is C16H18N2O2S. The van der Waals surface area contributed by atoms with E-state index in [0.29, 0.717) is 6.61 Å². The standard InChI is InChI=1S/C16H18N2O2S/c1-4-19-13-7-5-6-12-8-14(20-15(12)13)11(3)18-16-17-9-10(2)21-16/h5-9,11H,4H2,1-3H3,(H,17,18). The number of nitrogens with one attached hydrogen (secondary N) is 1. The van der Waals surface area contributed by atoms with Crippen LogP contribution in [0.3, 0.4) is 0 Å². The Balaban J connectivity index is 1.88. The smallest absolute Gasteiger partial charge is 0.183 e. The fourth-order valence-electron chi connectivity index (χ4n) is 2.22. The summed E-state index contributed by atoms with van der Waals surface area (Å²) < 4.78 is 11.6. The molecule has 0 spiro atoms. The van der Waals surface area contributed by atoms with Gasteiger partial charge in [0.25, 0.3) is 0 Å². The van der Waals surface area contributed by atoms with Crippen molar-refractivity contribution in [1.82, 2.24) is 4.98 Å². The van der Waals surface area contributed by atoms with E-state index >= 15 is 0 Å². The van der Waals surface area contributed by atoms with Crippen molar-refractivity contribution >= 4 is 27.4 Å². The highest BCUT2D eigenvalue weighted by Crippen LogP contribution is 2.32. The molecule has 0 amide bonds. The Morgan fingerprint density at radius 3 is 3.00 bits per heavy atom. The summed E-state index contributed by atoms with van der Waals surface area (Å²) >= 11 is 1.64. The summed E-state index contributed by atoms with van der Waals surface area (Å²) in [5, 5.41) is 5.33. The maximum absolute atomic E-state index is 5.98. The van der Waals surface area contributed by atoms with Crippen LogP contribution in [0, 0.1) is 6.92 Å². The van der Waals surface area contributed by atoms with Gasteiger partial charge in [-0.3, -0.25) is 0 Å². The van der Waals surface area contributed by atoms with Gasteiger partial charge in [0.15, 0.2) is 16.5 Å². The number of furan rings is 1. The molecule has 0 aliphatic heterocycles. The van der Waals surface area contributed by atoms with Gasteiger partial charge in [-0.25, -0.2) is 4.98 Å². The molecule has 3 rings (SSSR count). The van der Waals surface area contributed by atoms with Gasteiger partial charge in [0, 0.05) is 16.5 Å². The van der Waals surface area contributed by atoms with Crippen LogP contribution in [0.5, 0.6) is 5.75 Å². The first kappa shape index (κ1) is 13.9. The van der Waals surface area contributed by atoms with E-state index in [1.807, 2.05) is 38.2 Å². The highest BCUT2D eigenvalue weighted by atomic mass is 32.1. The van der Waals surface area contributed by atoms with Crippen LogP contribution in [0.1, 0.15) is 30.5 Å². The fourth-order valence-corrected chi connectivity index (χ4v) is 2.97. The van der Waals surface area contributed by atoms with Crippen LogP contribution in [0.4, 0.5) is 5.13 Å². The number of para-hydroxylation sites is 1. The van der Waals surface area contributed by atoms with Crippen molar-refractivity contribution in [2.75, 3.05) is 11.9 Å². The van der Waals surface area contributed by atoms with E-state index in [1.165, 1.54) is 4.88 Å². The molecule has 0 saturated heterocycles. The molecule has 2 aromatic heterocycles. The molecule has 0 bridgehead atoms. The Bertz CT molecular complexity index is 748. The quantitative estimate of drug-likeness (QED) is 0.737. The van der Waals surface area contributed by atoms with E-state index in [1.54, 1.807) is 11.3 Å². The highest BCUT2D eigenvalue weighted by Gasteiger charge is 2.15. The molecule has 4 nitrogen and oxygen atoms in total. The van der Waals surface area contributed by atoms with E-state index in [9.17, 15) is 0 Å². The van der Waals surface area contributed by atoms with Crippen molar-refractivity contribution in [3.8, 4) is 5.75 Å². The minimum atomic E-state index is 0.0532. The molecule has 0 fully saturated rings. The molecule has 0 aliphatic rings. The van der Waals surface area contributed by atoms with E-state index in [2.05, 4.69) is 23.3 Å². The summed E-state index contributed by atoms with van der Waals surface area (Å²) in [6.45, 7) is 6.71. The summed E-state index contributed by atoms with van der Waals surface area (Å²) in [5.41, 5.74) is 0.804. The van der Waals surface area contributed by atoms with Crippen LogP contribution in [-0.4, -0.2) is 11.6 Å². The van der Waals surface area contributed by atoms with Gasteiger partial charge < -0.3 is 14.5 Å². The van der Waals surface area contributed by atoms with Gasteiger partial charge in [0.1, 0.15) is 5.76 Å². The van der Waals surface area contributed by atoms with Gasteiger partial charge in [0.2, 0.25) is 0 Å². The maximum atomic E-state index is 5.98. The third-order valence-electron chi connectivity index (χ3n) is 3.21. The predicted molar refractivity (Wildman–Crippen MR) is 86.3 cm³/mol. The molecule has 1 unspecified atom stereocenters. The third-order valence-corrected chi connectivity index (χ3v) is 4.06. The van der Waals surface area contributed by atoms with Gasteiger partial charge in [-0.05, 0) is 32.9 Å². The number of nitrogens with zero attached hydrogens (tertiary/aromatic N) is 1. The topological polar surface area (TPSA) is 47.3 Å². The predicted octanol–water partition coefficient (Wildman–Crippen LogP) is 4.77. The molecule has 0 aliphatic carbocycles. The maximum Gasteiger partial charge on any atom is 0.183 e. The van der Waals surface area contributed by atoms with E-state index in [4.69, 9.17) is 9.15 Å². The molecule has 3 aromatic rings. The van der Waals surface area contributed by atoms with Gasteiger partial charge in [-0.1, -0.05) is 12.1 Å². The SMILES string of the molecule is CCOc1cccc2cc(C(C)Nc3ncc(C)s3)oc12. The molecule has 5 heteroatoms.